The number of oxazole rings is 3. The molecule has 14 nitrogen and oxygen atoms in total. The molecular formula is C57H35F2N3O11. The van der Waals surface area contributed by atoms with Crippen LogP contribution in [0.4, 0.5) is 8.78 Å². The van der Waals surface area contributed by atoms with Crippen LogP contribution < -0.4 is 4.74 Å². The van der Waals surface area contributed by atoms with Gasteiger partial charge in [0.25, 0.3) is 0 Å². The Morgan fingerprint density at radius 2 is 0.863 bits per heavy atom. The zero-order valence-corrected chi connectivity index (χ0v) is 37.9. The number of ether oxygens (including phenoxy) is 1. The molecule has 0 saturated heterocycles. The van der Waals surface area contributed by atoms with Crippen molar-refractivity contribution < 1.29 is 60.9 Å². The summed E-state index contributed by atoms with van der Waals surface area (Å²) in [6.45, 7) is 0. The zero-order chi connectivity index (χ0) is 50.8. The van der Waals surface area contributed by atoms with Gasteiger partial charge in [-0.15, -0.1) is 0 Å². The molecule has 0 aliphatic carbocycles. The van der Waals surface area contributed by atoms with Crippen molar-refractivity contribution in [3.8, 4) is 62.6 Å². The number of furan rings is 1. The van der Waals surface area contributed by atoms with E-state index in [0.29, 0.717) is 78.6 Å². The van der Waals surface area contributed by atoms with Crippen molar-refractivity contribution in [2.75, 3.05) is 7.11 Å². The minimum absolute atomic E-state index is 0.132. The lowest BCUT2D eigenvalue weighted by Crippen LogP contribution is -1.95. The van der Waals surface area contributed by atoms with Crippen LogP contribution in [0.5, 0.6) is 5.75 Å². The van der Waals surface area contributed by atoms with E-state index in [0.717, 1.165) is 34.4 Å². The fourth-order valence-electron chi connectivity index (χ4n) is 7.75. The number of benzene rings is 8. The molecule has 8 aromatic carbocycles. The molecule has 0 aliphatic heterocycles. The summed E-state index contributed by atoms with van der Waals surface area (Å²) < 4.78 is 54.7. The normalized spacial score (nSPS) is 11.0. The molecule has 0 aliphatic rings. The van der Waals surface area contributed by atoms with Crippen LogP contribution in [0.15, 0.2) is 194 Å². The van der Waals surface area contributed by atoms with E-state index < -0.39 is 29.5 Å². The Kier molecular flexibility index (Phi) is 12.5. The largest absolute Gasteiger partial charge is 0.497 e. The van der Waals surface area contributed by atoms with E-state index in [9.17, 15) is 23.2 Å². The molecule has 73 heavy (non-hydrogen) atoms. The van der Waals surface area contributed by atoms with Gasteiger partial charge >= 0.3 is 17.9 Å². The third-order valence-corrected chi connectivity index (χ3v) is 11.4. The summed E-state index contributed by atoms with van der Waals surface area (Å²) in [5.74, 6) is -2.33. The van der Waals surface area contributed by atoms with Crippen molar-refractivity contribution in [2.24, 2.45) is 0 Å². The van der Waals surface area contributed by atoms with Gasteiger partial charge < -0.3 is 37.7 Å². The highest BCUT2D eigenvalue weighted by Gasteiger charge is 2.16. The molecule has 3 N–H and O–H groups in total. The number of carbonyl (C=O) groups is 3. The van der Waals surface area contributed by atoms with Gasteiger partial charge in [-0.3, -0.25) is 0 Å². The molecule has 0 spiro atoms. The molecule has 4 aromatic heterocycles. The summed E-state index contributed by atoms with van der Waals surface area (Å²) in [5, 5.41) is 28.3. The monoisotopic (exact) mass is 975 g/mol. The first-order chi connectivity index (χ1) is 35.3. The molecular weight excluding hydrogens is 941 g/mol. The lowest BCUT2D eigenvalue weighted by Gasteiger charge is -2.01. The first kappa shape index (κ1) is 46.5. The number of halogens is 2. The number of aromatic nitrogens is 3. The van der Waals surface area contributed by atoms with Crippen LogP contribution >= 0.6 is 0 Å². The molecule has 12 aromatic rings. The standard InChI is InChI=1S/C22H13NO4.C20H11F2NO3.C15H11NO4/c24-22(25)16-6-3-5-15(10-16)21-23-17-11-14(8-9-19(17)27-21)20-12-13-4-1-2-7-18(13)26-20;21-15-6-4-11(9-16(15)22)12-5-7-18-17(10-12)23-19(26-18)13-2-1-3-14(8-13)20(24)25;1-19-11-5-6-13-12(8-11)16-14(20-13)9-3-2-4-10(7-9)15(17)18/h1-12H,(H,24,25);1-10H,(H,24,25);2-8H,1H3,(H,17,18). The van der Waals surface area contributed by atoms with Gasteiger partial charge in [0.1, 0.15) is 33.6 Å². The molecule has 0 saturated carbocycles. The number of rotatable bonds is 9. The summed E-state index contributed by atoms with van der Waals surface area (Å²) >= 11 is 0. The van der Waals surface area contributed by atoms with Gasteiger partial charge in [-0.2, -0.15) is 0 Å². The first-order valence-corrected chi connectivity index (χ1v) is 22.1. The van der Waals surface area contributed by atoms with Gasteiger partial charge in [-0.25, -0.2) is 38.1 Å². The van der Waals surface area contributed by atoms with E-state index in [1.165, 1.54) is 36.4 Å². The average Bonchev–Trinajstić information content (AvgIpc) is 4.24. The van der Waals surface area contributed by atoms with Crippen molar-refractivity contribution in [1.82, 2.24) is 15.0 Å². The smallest absolute Gasteiger partial charge is 0.335 e. The number of fused-ring (bicyclic) bond motifs is 4. The van der Waals surface area contributed by atoms with E-state index in [1.54, 1.807) is 86.0 Å². The van der Waals surface area contributed by atoms with Gasteiger partial charge in [0.15, 0.2) is 28.4 Å². The number of aromatic carboxylic acids is 3. The quantitative estimate of drug-likeness (QED) is 0.123. The number of para-hydroxylation sites is 1. The molecule has 0 amide bonds. The minimum Gasteiger partial charge on any atom is -0.497 e. The predicted molar refractivity (Wildman–Crippen MR) is 266 cm³/mol. The van der Waals surface area contributed by atoms with Gasteiger partial charge in [-0.05, 0) is 132 Å². The maximum atomic E-state index is 13.5. The molecule has 4 heterocycles. The number of carboxylic acids is 3. The number of hydrogen-bond acceptors (Lipinski definition) is 11. The van der Waals surface area contributed by atoms with E-state index in [4.69, 9.17) is 37.7 Å². The number of carboxylic acid groups (broad SMARTS) is 3. The third kappa shape index (κ3) is 9.97. The van der Waals surface area contributed by atoms with Crippen LogP contribution in [0, 0.1) is 11.6 Å². The van der Waals surface area contributed by atoms with Crippen molar-refractivity contribution in [2.45, 2.75) is 0 Å². The highest BCUT2D eigenvalue weighted by molar-refractivity contribution is 5.92. The fraction of sp³-hybridized carbons (Fsp3) is 0.0175. The predicted octanol–water partition coefficient (Wildman–Crippen LogP) is 13.9. The highest BCUT2D eigenvalue weighted by atomic mass is 19.2. The van der Waals surface area contributed by atoms with E-state index >= 15 is 0 Å². The average molecular weight is 976 g/mol. The van der Waals surface area contributed by atoms with Crippen LogP contribution in [0.25, 0.3) is 101 Å². The molecule has 0 radical (unpaired) electrons. The highest BCUT2D eigenvalue weighted by Crippen LogP contribution is 2.34. The Bertz CT molecular complexity index is 4040. The lowest BCUT2D eigenvalue weighted by molar-refractivity contribution is 0.0686. The summed E-state index contributed by atoms with van der Waals surface area (Å²) in [6.07, 6.45) is 0. The summed E-state index contributed by atoms with van der Waals surface area (Å²) in [4.78, 5) is 46.5. The number of hydrogen-bond donors (Lipinski definition) is 3. The second kappa shape index (κ2) is 19.6. The van der Waals surface area contributed by atoms with Crippen molar-refractivity contribution in [3.63, 3.8) is 0 Å². The van der Waals surface area contributed by atoms with Gasteiger partial charge in [0, 0.05) is 33.7 Å². The maximum absolute atomic E-state index is 13.5. The summed E-state index contributed by atoms with van der Waals surface area (Å²) in [6, 6.07) is 48.9. The SMILES string of the molecule is COc1ccc2oc(-c3cccc(C(=O)O)c3)nc2c1.O=C(O)c1cccc(-c2nc3cc(-c4cc5ccccc5o4)ccc3o2)c1.O=C(O)c1cccc(-c2nc3cc(-c4ccc(F)c(F)c4)ccc3o2)c1. The third-order valence-electron chi connectivity index (χ3n) is 11.4. The summed E-state index contributed by atoms with van der Waals surface area (Å²) in [5.41, 5.74) is 8.86. The van der Waals surface area contributed by atoms with Crippen LogP contribution in [-0.2, 0) is 0 Å². The van der Waals surface area contributed by atoms with Gasteiger partial charge in [-0.1, -0.05) is 48.5 Å². The van der Waals surface area contributed by atoms with Gasteiger partial charge in [0.05, 0.1) is 23.8 Å². The maximum Gasteiger partial charge on any atom is 0.335 e. The Hall–Kier alpha value is -10.2. The molecule has 0 bridgehead atoms. The molecule has 0 atom stereocenters. The van der Waals surface area contributed by atoms with E-state index in [2.05, 4.69) is 15.0 Å². The fourth-order valence-corrected chi connectivity index (χ4v) is 7.75. The van der Waals surface area contributed by atoms with Crippen molar-refractivity contribution in [1.29, 1.82) is 0 Å². The van der Waals surface area contributed by atoms with Crippen LogP contribution in [0.2, 0.25) is 0 Å². The van der Waals surface area contributed by atoms with Crippen LogP contribution in [0.3, 0.4) is 0 Å². The molecule has 0 unspecified atom stereocenters. The Balaban J connectivity index is 0.000000127. The lowest BCUT2D eigenvalue weighted by atomic mass is 10.1. The minimum atomic E-state index is -1.04. The Morgan fingerprint density at radius 3 is 1.36 bits per heavy atom. The summed E-state index contributed by atoms with van der Waals surface area (Å²) in [7, 11) is 1.58. The van der Waals surface area contributed by atoms with Crippen molar-refractivity contribution in [3.05, 3.63) is 204 Å². The topological polar surface area (TPSA) is 212 Å². The Labute approximate surface area is 410 Å². The molecule has 0 fully saturated rings. The first-order valence-electron chi connectivity index (χ1n) is 22.1. The molecule has 12 rings (SSSR count). The van der Waals surface area contributed by atoms with Crippen LogP contribution in [-0.4, -0.2) is 55.3 Å². The van der Waals surface area contributed by atoms with Gasteiger partial charge in [0.2, 0.25) is 17.7 Å². The zero-order valence-electron chi connectivity index (χ0n) is 37.9. The number of methoxy groups -OCH3 is 1. The van der Waals surface area contributed by atoms with Crippen LogP contribution in [0.1, 0.15) is 31.1 Å². The van der Waals surface area contributed by atoms with E-state index in [-0.39, 0.29) is 22.6 Å². The number of nitrogens with zero attached hydrogens (tertiary/aromatic N) is 3. The second-order valence-electron chi connectivity index (χ2n) is 16.2. The van der Waals surface area contributed by atoms with E-state index in [1.807, 2.05) is 48.5 Å². The van der Waals surface area contributed by atoms with Crippen molar-refractivity contribution >= 4 is 62.2 Å². The molecule has 358 valence electrons. The Morgan fingerprint density at radius 1 is 0.411 bits per heavy atom. The molecule has 16 heteroatoms. The second-order valence-corrected chi connectivity index (χ2v) is 16.2.